The standard InChI is InChI=1S/C18H27NO/c20-17(13-15-7-1-2-8-15)14-19-12-6-5-10-16-9-3-4-11-18(16)19/h3-4,9,11,15,17,20H,1-2,5-8,10,12-14H2. The van der Waals surface area contributed by atoms with Gasteiger partial charge in [0, 0.05) is 18.8 Å². The monoisotopic (exact) mass is 273 g/mol. The zero-order valence-electron chi connectivity index (χ0n) is 12.4. The molecule has 1 unspecified atom stereocenters. The number of para-hydroxylation sites is 1. The van der Waals surface area contributed by atoms with Crippen molar-refractivity contribution >= 4 is 5.69 Å². The number of anilines is 1. The zero-order chi connectivity index (χ0) is 13.8. The van der Waals surface area contributed by atoms with E-state index in [-0.39, 0.29) is 6.10 Å². The second kappa shape index (κ2) is 6.62. The Morgan fingerprint density at radius 2 is 1.90 bits per heavy atom. The third-order valence-electron chi connectivity index (χ3n) is 4.97. The fourth-order valence-electron chi connectivity index (χ4n) is 3.92. The molecular formula is C18H27NO. The number of aryl methyl sites for hydroxylation is 1. The van der Waals surface area contributed by atoms with Gasteiger partial charge in [-0.25, -0.2) is 0 Å². The van der Waals surface area contributed by atoms with Crippen molar-refractivity contribution in [2.45, 2.75) is 57.5 Å². The van der Waals surface area contributed by atoms with Crippen molar-refractivity contribution in [2.24, 2.45) is 5.92 Å². The Balaban J connectivity index is 1.63. The van der Waals surface area contributed by atoms with Gasteiger partial charge in [-0.3, -0.25) is 0 Å². The third kappa shape index (κ3) is 3.35. The molecule has 110 valence electrons. The van der Waals surface area contributed by atoms with Crippen LogP contribution in [-0.2, 0) is 6.42 Å². The van der Waals surface area contributed by atoms with Gasteiger partial charge in [0.25, 0.3) is 0 Å². The summed E-state index contributed by atoms with van der Waals surface area (Å²) in [4.78, 5) is 2.42. The first-order valence-electron chi connectivity index (χ1n) is 8.34. The summed E-state index contributed by atoms with van der Waals surface area (Å²) in [6.45, 7) is 1.91. The lowest BCUT2D eigenvalue weighted by Crippen LogP contribution is -2.34. The Morgan fingerprint density at radius 1 is 1.10 bits per heavy atom. The van der Waals surface area contributed by atoms with Crippen LogP contribution in [0.2, 0.25) is 0 Å². The number of fused-ring (bicyclic) bond motifs is 1. The van der Waals surface area contributed by atoms with Crippen LogP contribution in [0, 0.1) is 5.92 Å². The van der Waals surface area contributed by atoms with Gasteiger partial charge in [-0.2, -0.15) is 0 Å². The Kier molecular flexibility index (Phi) is 4.62. The van der Waals surface area contributed by atoms with Crippen LogP contribution in [0.1, 0.15) is 50.5 Å². The molecule has 0 radical (unpaired) electrons. The van der Waals surface area contributed by atoms with Crippen LogP contribution >= 0.6 is 0 Å². The molecular weight excluding hydrogens is 246 g/mol. The van der Waals surface area contributed by atoms with Crippen LogP contribution in [0.4, 0.5) is 5.69 Å². The highest BCUT2D eigenvalue weighted by molar-refractivity contribution is 5.54. The second-order valence-corrected chi connectivity index (χ2v) is 6.57. The van der Waals surface area contributed by atoms with Crippen LogP contribution in [0.3, 0.4) is 0 Å². The van der Waals surface area contributed by atoms with E-state index >= 15 is 0 Å². The SMILES string of the molecule is OC(CC1CCCC1)CN1CCCCc2ccccc21. The summed E-state index contributed by atoms with van der Waals surface area (Å²) >= 11 is 0. The van der Waals surface area contributed by atoms with Crippen molar-refractivity contribution < 1.29 is 5.11 Å². The Morgan fingerprint density at radius 3 is 2.75 bits per heavy atom. The first-order chi connectivity index (χ1) is 9.83. The summed E-state index contributed by atoms with van der Waals surface area (Å²) in [5.41, 5.74) is 2.81. The second-order valence-electron chi connectivity index (χ2n) is 6.57. The zero-order valence-corrected chi connectivity index (χ0v) is 12.4. The largest absolute Gasteiger partial charge is 0.391 e. The summed E-state index contributed by atoms with van der Waals surface area (Å²) in [5.74, 6) is 0.771. The molecule has 0 saturated heterocycles. The molecule has 1 fully saturated rings. The van der Waals surface area contributed by atoms with Crippen molar-refractivity contribution in [1.29, 1.82) is 0 Å². The molecule has 1 aliphatic heterocycles. The van der Waals surface area contributed by atoms with Crippen LogP contribution < -0.4 is 4.90 Å². The van der Waals surface area contributed by atoms with Gasteiger partial charge >= 0.3 is 0 Å². The van der Waals surface area contributed by atoms with Crippen LogP contribution in [0.15, 0.2) is 24.3 Å². The Bertz CT molecular complexity index is 425. The molecule has 2 aliphatic rings. The van der Waals surface area contributed by atoms with E-state index in [0.29, 0.717) is 0 Å². The van der Waals surface area contributed by atoms with E-state index in [1.54, 1.807) is 0 Å². The van der Waals surface area contributed by atoms with E-state index in [9.17, 15) is 5.11 Å². The minimum atomic E-state index is -0.163. The minimum Gasteiger partial charge on any atom is -0.391 e. The topological polar surface area (TPSA) is 23.5 Å². The molecule has 0 amide bonds. The molecule has 20 heavy (non-hydrogen) atoms. The van der Waals surface area contributed by atoms with E-state index in [2.05, 4.69) is 29.2 Å². The van der Waals surface area contributed by atoms with Crippen molar-refractivity contribution in [2.75, 3.05) is 18.0 Å². The van der Waals surface area contributed by atoms with E-state index < -0.39 is 0 Å². The van der Waals surface area contributed by atoms with Crippen molar-refractivity contribution in [1.82, 2.24) is 0 Å². The summed E-state index contributed by atoms with van der Waals surface area (Å²) in [6, 6.07) is 8.73. The normalized spacial score (nSPS) is 21.6. The number of rotatable bonds is 4. The molecule has 2 nitrogen and oxygen atoms in total. The van der Waals surface area contributed by atoms with E-state index in [1.165, 1.54) is 56.2 Å². The molecule has 0 bridgehead atoms. The number of nitrogens with zero attached hydrogens (tertiary/aromatic N) is 1. The minimum absolute atomic E-state index is 0.163. The predicted molar refractivity (Wildman–Crippen MR) is 84.2 cm³/mol. The summed E-state index contributed by atoms with van der Waals surface area (Å²) in [6.07, 6.45) is 9.92. The maximum atomic E-state index is 10.4. The molecule has 1 saturated carbocycles. The Hall–Kier alpha value is -1.02. The van der Waals surface area contributed by atoms with Crippen LogP contribution in [0.5, 0.6) is 0 Å². The lowest BCUT2D eigenvalue weighted by Gasteiger charge is -2.28. The lowest BCUT2D eigenvalue weighted by atomic mass is 9.99. The van der Waals surface area contributed by atoms with Gasteiger partial charge in [0.15, 0.2) is 0 Å². The maximum Gasteiger partial charge on any atom is 0.0717 e. The molecule has 0 aromatic heterocycles. The fourth-order valence-corrected chi connectivity index (χ4v) is 3.92. The number of β-amino-alcohol motifs (C(OH)–C–C–N with tert-alkyl or cyclic N) is 1. The van der Waals surface area contributed by atoms with E-state index in [1.807, 2.05) is 0 Å². The van der Waals surface area contributed by atoms with Crippen molar-refractivity contribution in [3.63, 3.8) is 0 Å². The molecule has 1 N–H and O–H groups in total. The number of benzene rings is 1. The highest BCUT2D eigenvalue weighted by Gasteiger charge is 2.22. The number of hydrogen-bond acceptors (Lipinski definition) is 2. The van der Waals surface area contributed by atoms with Crippen molar-refractivity contribution in [3.8, 4) is 0 Å². The van der Waals surface area contributed by atoms with Crippen molar-refractivity contribution in [3.05, 3.63) is 29.8 Å². The molecule has 3 rings (SSSR count). The summed E-state index contributed by atoms with van der Waals surface area (Å²) in [7, 11) is 0. The first kappa shape index (κ1) is 13.9. The van der Waals surface area contributed by atoms with Gasteiger partial charge in [-0.15, -0.1) is 0 Å². The molecule has 1 heterocycles. The van der Waals surface area contributed by atoms with Gasteiger partial charge in [-0.05, 0) is 43.2 Å². The molecule has 0 spiro atoms. The smallest absolute Gasteiger partial charge is 0.0717 e. The number of aliphatic hydroxyl groups is 1. The Labute approximate surface area is 122 Å². The van der Waals surface area contributed by atoms with Gasteiger partial charge < -0.3 is 10.0 Å². The molecule has 1 aliphatic carbocycles. The molecule has 1 atom stereocenters. The fraction of sp³-hybridized carbons (Fsp3) is 0.667. The average Bonchev–Trinajstić information content (AvgIpc) is 2.87. The maximum absolute atomic E-state index is 10.4. The van der Waals surface area contributed by atoms with Gasteiger partial charge in [0.05, 0.1) is 6.10 Å². The third-order valence-corrected chi connectivity index (χ3v) is 4.97. The lowest BCUT2D eigenvalue weighted by molar-refractivity contribution is 0.148. The molecule has 2 heteroatoms. The average molecular weight is 273 g/mol. The molecule has 1 aromatic rings. The van der Waals surface area contributed by atoms with Crippen LogP contribution in [0.25, 0.3) is 0 Å². The van der Waals surface area contributed by atoms with Crippen LogP contribution in [-0.4, -0.2) is 24.3 Å². The predicted octanol–water partition coefficient (Wildman–Crippen LogP) is 3.77. The van der Waals surface area contributed by atoms with Gasteiger partial charge in [0.2, 0.25) is 0 Å². The van der Waals surface area contributed by atoms with Gasteiger partial charge in [-0.1, -0.05) is 43.9 Å². The van der Waals surface area contributed by atoms with E-state index in [4.69, 9.17) is 0 Å². The first-order valence-corrected chi connectivity index (χ1v) is 8.34. The molecule has 1 aromatic carbocycles. The highest BCUT2D eigenvalue weighted by Crippen LogP contribution is 2.30. The quantitative estimate of drug-likeness (QED) is 0.902. The highest BCUT2D eigenvalue weighted by atomic mass is 16.3. The summed E-state index contributed by atoms with van der Waals surface area (Å²) in [5, 5.41) is 10.4. The van der Waals surface area contributed by atoms with Gasteiger partial charge in [0.1, 0.15) is 0 Å². The number of aliphatic hydroxyl groups excluding tert-OH is 1. The summed E-state index contributed by atoms with van der Waals surface area (Å²) < 4.78 is 0. The van der Waals surface area contributed by atoms with E-state index in [0.717, 1.165) is 25.4 Å². The number of hydrogen-bond donors (Lipinski definition) is 1.